The number of benzene rings is 2. The van der Waals surface area contributed by atoms with Crippen LogP contribution in [0, 0.1) is 6.92 Å². The molecule has 0 atom stereocenters. The third-order valence-corrected chi connectivity index (χ3v) is 6.23. The van der Waals surface area contributed by atoms with Gasteiger partial charge in [-0.3, -0.25) is 10.1 Å². The summed E-state index contributed by atoms with van der Waals surface area (Å²) in [7, 11) is -3.29. The maximum absolute atomic E-state index is 12.3. The predicted octanol–water partition coefficient (Wildman–Crippen LogP) is 4.15. The van der Waals surface area contributed by atoms with Crippen molar-refractivity contribution in [1.29, 1.82) is 0 Å². The molecule has 1 aromatic heterocycles. The number of ether oxygens (including phenoxy) is 1. The Morgan fingerprint density at radius 3 is 2.64 bits per heavy atom. The van der Waals surface area contributed by atoms with Gasteiger partial charge in [-0.25, -0.2) is 13.4 Å². The number of hydrogen-bond donors (Lipinski definition) is 1. The number of anilines is 1. The number of rotatable bonds is 6. The van der Waals surface area contributed by atoms with Crippen LogP contribution in [-0.2, 0) is 14.6 Å². The highest BCUT2D eigenvalue weighted by molar-refractivity contribution is 7.90. The monoisotopic (exact) mass is 418 g/mol. The summed E-state index contributed by atoms with van der Waals surface area (Å²) >= 11 is 1.22. The Morgan fingerprint density at radius 2 is 1.96 bits per heavy atom. The number of aromatic nitrogens is 1. The molecule has 0 spiro atoms. The third kappa shape index (κ3) is 4.69. The summed E-state index contributed by atoms with van der Waals surface area (Å²) in [6, 6.07) is 10.7. The van der Waals surface area contributed by atoms with Gasteiger partial charge < -0.3 is 4.74 Å². The second-order valence-electron chi connectivity index (χ2n) is 6.95. The van der Waals surface area contributed by atoms with Gasteiger partial charge in [0, 0.05) is 6.26 Å². The van der Waals surface area contributed by atoms with E-state index in [0.717, 1.165) is 17.4 Å². The maximum Gasteiger partial charge on any atom is 0.264 e. The summed E-state index contributed by atoms with van der Waals surface area (Å²) in [5, 5.41) is 3.12. The molecule has 0 aliphatic carbocycles. The number of carbonyl (C=O) groups excluding carboxylic acids is 1. The van der Waals surface area contributed by atoms with Crippen LogP contribution in [0.3, 0.4) is 0 Å². The van der Waals surface area contributed by atoms with Gasteiger partial charge in [-0.2, -0.15) is 0 Å². The van der Waals surface area contributed by atoms with Gasteiger partial charge in [0.2, 0.25) is 0 Å². The van der Waals surface area contributed by atoms with Crippen LogP contribution in [0.1, 0.15) is 30.9 Å². The quantitative estimate of drug-likeness (QED) is 0.650. The fraction of sp³-hybridized carbons (Fsp3) is 0.300. The van der Waals surface area contributed by atoms with Gasteiger partial charge in [-0.1, -0.05) is 37.3 Å². The SMILES string of the molecule is Cc1ccc(C(C)C)c(OCC(=O)Nc2nc3ccc(S(C)(=O)=O)cc3s2)c1. The van der Waals surface area contributed by atoms with Crippen LogP contribution < -0.4 is 10.1 Å². The van der Waals surface area contributed by atoms with Crippen molar-refractivity contribution in [3.63, 3.8) is 0 Å². The van der Waals surface area contributed by atoms with Crippen molar-refractivity contribution in [3.8, 4) is 5.75 Å². The minimum atomic E-state index is -3.29. The van der Waals surface area contributed by atoms with Crippen LogP contribution in [0.15, 0.2) is 41.3 Å². The minimum Gasteiger partial charge on any atom is -0.483 e. The van der Waals surface area contributed by atoms with Crippen LogP contribution >= 0.6 is 11.3 Å². The van der Waals surface area contributed by atoms with Crippen LogP contribution in [-0.4, -0.2) is 32.2 Å². The number of aryl methyl sites for hydroxylation is 1. The summed E-state index contributed by atoms with van der Waals surface area (Å²) in [5.41, 5.74) is 2.74. The van der Waals surface area contributed by atoms with Gasteiger partial charge >= 0.3 is 0 Å². The fourth-order valence-electron chi connectivity index (χ4n) is 2.73. The van der Waals surface area contributed by atoms with E-state index in [1.165, 1.54) is 17.4 Å². The second-order valence-corrected chi connectivity index (χ2v) is 10.00. The van der Waals surface area contributed by atoms with Crippen molar-refractivity contribution in [2.45, 2.75) is 31.6 Å². The molecule has 0 unspecified atom stereocenters. The lowest BCUT2D eigenvalue weighted by Crippen LogP contribution is -2.20. The first-order valence-electron chi connectivity index (χ1n) is 8.77. The summed E-state index contributed by atoms with van der Waals surface area (Å²) in [6.07, 6.45) is 1.16. The number of carbonyl (C=O) groups is 1. The lowest BCUT2D eigenvalue weighted by Gasteiger charge is -2.14. The van der Waals surface area contributed by atoms with Crippen LogP contribution in [0.4, 0.5) is 5.13 Å². The topological polar surface area (TPSA) is 85.4 Å². The minimum absolute atomic E-state index is 0.131. The Bertz CT molecular complexity index is 1130. The molecule has 0 saturated carbocycles. The zero-order chi connectivity index (χ0) is 20.5. The molecule has 3 aromatic rings. The van der Waals surface area contributed by atoms with Crippen LogP contribution in [0.25, 0.3) is 10.2 Å². The van der Waals surface area contributed by atoms with E-state index in [9.17, 15) is 13.2 Å². The van der Waals surface area contributed by atoms with E-state index in [1.807, 2.05) is 25.1 Å². The molecule has 1 amide bonds. The predicted molar refractivity (Wildman–Crippen MR) is 112 cm³/mol. The van der Waals surface area contributed by atoms with Crippen molar-refractivity contribution in [1.82, 2.24) is 4.98 Å². The average molecular weight is 419 g/mol. The van der Waals surface area contributed by atoms with E-state index in [4.69, 9.17) is 4.74 Å². The van der Waals surface area contributed by atoms with Crippen molar-refractivity contribution in [2.75, 3.05) is 18.2 Å². The van der Waals surface area contributed by atoms with E-state index in [0.29, 0.717) is 21.1 Å². The molecule has 0 radical (unpaired) electrons. The molecule has 0 bridgehead atoms. The van der Waals surface area contributed by atoms with Gasteiger partial charge in [-0.15, -0.1) is 0 Å². The molecule has 0 aliphatic rings. The van der Waals surface area contributed by atoms with Crippen molar-refractivity contribution < 1.29 is 17.9 Å². The van der Waals surface area contributed by atoms with Crippen LogP contribution in [0.5, 0.6) is 5.75 Å². The molecule has 148 valence electrons. The number of nitrogens with one attached hydrogen (secondary N) is 1. The van der Waals surface area contributed by atoms with E-state index >= 15 is 0 Å². The number of thiazole rings is 1. The highest BCUT2D eigenvalue weighted by atomic mass is 32.2. The van der Waals surface area contributed by atoms with E-state index in [2.05, 4.69) is 24.1 Å². The smallest absolute Gasteiger partial charge is 0.264 e. The number of nitrogens with zero attached hydrogens (tertiary/aromatic N) is 1. The number of fused-ring (bicyclic) bond motifs is 1. The summed E-state index contributed by atoms with van der Waals surface area (Å²) in [5.74, 6) is 0.665. The van der Waals surface area contributed by atoms with Crippen molar-refractivity contribution in [3.05, 3.63) is 47.5 Å². The molecule has 8 heteroatoms. The Hall–Kier alpha value is -2.45. The summed E-state index contributed by atoms with van der Waals surface area (Å²) in [4.78, 5) is 16.8. The second kappa shape index (κ2) is 7.89. The molecule has 1 heterocycles. The highest BCUT2D eigenvalue weighted by Gasteiger charge is 2.14. The Morgan fingerprint density at radius 1 is 1.21 bits per heavy atom. The molecular weight excluding hydrogens is 396 g/mol. The van der Waals surface area contributed by atoms with Gasteiger partial charge in [0.15, 0.2) is 21.6 Å². The van der Waals surface area contributed by atoms with E-state index < -0.39 is 9.84 Å². The number of sulfone groups is 1. The first-order chi connectivity index (χ1) is 13.1. The molecule has 0 fully saturated rings. The molecule has 6 nitrogen and oxygen atoms in total. The van der Waals surface area contributed by atoms with Crippen molar-refractivity contribution in [2.24, 2.45) is 0 Å². The highest BCUT2D eigenvalue weighted by Crippen LogP contribution is 2.29. The Labute approximate surface area is 168 Å². The number of amides is 1. The van der Waals surface area contributed by atoms with Gasteiger partial charge in [-0.05, 0) is 48.2 Å². The Balaban J connectivity index is 1.71. The first kappa shape index (κ1) is 20.3. The summed E-state index contributed by atoms with van der Waals surface area (Å²) in [6.45, 7) is 5.99. The lowest BCUT2D eigenvalue weighted by atomic mass is 10.0. The fourth-order valence-corrected chi connectivity index (χ4v) is 4.37. The van der Waals surface area contributed by atoms with Crippen molar-refractivity contribution >= 4 is 42.4 Å². The zero-order valence-corrected chi connectivity index (χ0v) is 17.8. The molecule has 1 N–H and O–H groups in total. The van der Waals surface area contributed by atoms with Gasteiger partial charge in [0.1, 0.15) is 5.75 Å². The maximum atomic E-state index is 12.3. The normalized spacial score (nSPS) is 11.8. The molecule has 28 heavy (non-hydrogen) atoms. The molecule has 3 rings (SSSR count). The number of hydrogen-bond acceptors (Lipinski definition) is 6. The van der Waals surface area contributed by atoms with Gasteiger partial charge in [0.25, 0.3) is 5.91 Å². The largest absolute Gasteiger partial charge is 0.483 e. The van der Waals surface area contributed by atoms with E-state index in [-0.39, 0.29) is 23.3 Å². The zero-order valence-electron chi connectivity index (χ0n) is 16.1. The molecular formula is C20H22N2O4S2. The average Bonchev–Trinajstić information content (AvgIpc) is 3.00. The van der Waals surface area contributed by atoms with E-state index in [1.54, 1.807) is 12.1 Å². The van der Waals surface area contributed by atoms with Gasteiger partial charge in [0.05, 0.1) is 15.1 Å². The standard InChI is InChI=1S/C20H22N2O4S2/c1-12(2)15-7-5-13(3)9-17(15)26-11-19(23)22-20-21-16-8-6-14(28(4,24)25)10-18(16)27-20/h5-10,12H,11H2,1-4H3,(H,21,22,23). The molecule has 2 aromatic carbocycles. The molecule has 0 aliphatic heterocycles. The third-order valence-electron chi connectivity index (χ3n) is 4.18. The van der Waals surface area contributed by atoms with Crippen LogP contribution in [0.2, 0.25) is 0 Å². The lowest BCUT2D eigenvalue weighted by molar-refractivity contribution is -0.118. The molecule has 0 saturated heterocycles. The first-order valence-corrected chi connectivity index (χ1v) is 11.5. The Kier molecular flexibility index (Phi) is 5.71. The summed E-state index contributed by atoms with van der Waals surface area (Å²) < 4.78 is 29.8.